The van der Waals surface area contributed by atoms with Gasteiger partial charge in [-0.15, -0.1) is 0 Å². The molecule has 0 aliphatic carbocycles. The van der Waals surface area contributed by atoms with Crippen molar-refractivity contribution in [3.05, 3.63) is 70.7 Å². The number of benzene rings is 2. The van der Waals surface area contributed by atoms with Gasteiger partial charge in [0.1, 0.15) is 0 Å². The van der Waals surface area contributed by atoms with Crippen LogP contribution in [0, 0.1) is 0 Å². The lowest BCUT2D eigenvalue weighted by molar-refractivity contribution is -0.141. The van der Waals surface area contributed by atoms with Crippen molar-refractivity contribution in [2.24, 2.45) is 0 Å². The first-order chi connectivity index (χ1) is 10.1. The van der Waals surface area contributed by atoms with Crippen LogP contribution in [0.1, 0.15) is 17.2 Å². The predicted octanol–water partition coefficient (Wildman–Crippen LogP) is 2.82. The molecule has 108 valence electrons. The average Bonchev–Trinajstić information content (AvgIpc) is 2.45. The van der Waals surface area contributed by atoms with E-state index in [4.69, 9.17) is 11.6 Å². The molecule has 1 atom stereocenters. The summed E-state index contributed by atoms with van der Waals surface area (Å²) in [6.45, 7) is 0. The summed E-state index contributed by atoms with van der Waals surface area (Å²) >= 11 is 5.85. The number of hydrogen-bond donors (Lipinski definition) is 2. The lowest BCUT2D eigenvalue weighted by Crippen LogP contribution is -2.34. The van der Waals surface area contributed by atoms with E-state index < -0.39 is 12.0 Å². The van der Waals surface area contributed by atoms with Crippen molar-refractivity contribution in [1.82, 2.24) is 5.32 Å². The van der Waals surface area contributed by atoms with Crippen molar-refractivity contribution < 1.29 is 14.7 Å². The van der Waals surface area contributed by atoms with Gasteiger partial charge in [0, 0.05) is 5.02 Å². The third kappa shape index (κ3) is 4.33. The minimum atomic E-state index is -1.10. The molecular weight excluding hydrogens is 290 g/mol. The van der Waals surface area contributed by atoms with Gasteiger partial charge in [0.25, 0.3) is 0 Å². The van der Waals surface area contributed by atoms with Crippen LogP contribution in [0.5, 0.6) is 0 Å². The van der Waals surface area contributed by atoms with Crippen LogP contribution in [-0.2, 0) is 16.0 Å². The second-order valence-corrected chi connectivity index (χ2v) is 4.99. The molecule has 2 rings (SSSR count). The Hall–Kier alpha value is -2.33. The van der Waals surface area contributed by atoms with Crippen molar-refractivity contribution in [3.63, 3.8) is 0 Å². The molecule has 0 spiro atoms. The fourth-order valence-electron chi connectivity index (χ4n) is 1.98. The molecule has 0 aliphatic rings. The van der Waals surface area contributed by atoms with Crippen molar-refractivity contribution in [3.8, 4) is 0 Å². The molecule has 0 bridgehead atoms. The Morgan fingerprint density at radius 1 is 1.10 bits per heavy atom. The first-order valence-corrected chi connectivity index (χ1v) is 6.75. The highest BCUT2D eigenvalue weighted by atomic mass is 35.5. The summed E-state index contributed by atoms with van der Waals surface area (Å²) in [7, 11) is 0. The van der Waals surface area contributed by atoms with Crippen molar-refractivity contribution in [2.75, 3.05) is 0 Å². The topological polar surface area (TPSA) is 66.4 Å². The Morgan fingerprint density at radius 3 is 2.43 bits per heavy atom. The molecule has 4 nitrogen and oxygen atoms in total. The van der Waals surface area contributed by atoms with E-state index in [2.05, 4.69) is 5.32 Å². The second-order valence-electron chi connectivity index (χ2n) is 4.56. The molecule has 2 N–H and O–H groups in total. The highest BCUT2D eigenvalue weighted by Gasteiger charge is 2.21. The molecule has 0 radical (unpaired) electrons. The Morgan fingerprint density at radius 2 is 1.81 bits per heavy atom. The van der Waals surface area contributed by atoms with Gasteiger partial charge in [-0.3, -0.25) is 4.79 Å². The number of hydrogen-bond acceptors (Lipinski definition) is 2. The van der Waals surface area contributed by atoms with E-state index in [1.54, 1.807) is 54.6 Å². The van der Waals surface area contributed by atoms with Crippen LogP contribution < -0.4 is 5.32 Å². The molecule has 21 heavy (non-hydrogen) atoms. The number of halogens is 1. The van der Waals surface area contributed by atoms with Gasteiger partial charge in [-0.05, 0) is 23.3 Å². The SMILES string of the molecule is O=C(Cc1cccc(Cl)c1)NC(C(=O)O)c1ccccc1. The number of carbonyl (C=O) groups is 2. The van der Waals surface area contributed by atoms with E-state index in [1.165, 1.54) is 0 Å². The van der Waals surface area contributed by atoms with Gasteiger partial charge in [0.05, 0.1) is 6.42 Å². The lowest BCUT2D eigenvalue weighted by atomic mass is 10.1. The van der Waals surface area contributed by atoms with Crippen LogP contribution in [0.4, 0.5) is 0 Å². The Labute approximate surface area is 127 Å². The summed E-state index contributed by atoms with van der Waals surface area (Å²) < 4.78 is 0. The zero-order valence-corrected chi connectivity index (χ0v) is 11.9. The Kier molecular flexibility index (Phi) is 4.95. The molecule has 1 amide bonds. The predicted molar refractivity (Wildman–Crippen MR) is 80.1 cm³/mol. The summed E-state index contributed by atoms with van der Waals surface area (Å²) in [6.07, 6.45) is 0.0805. The molecule has 0 saturated carbocycles. The highest BCUT2D eigenvalue weighted by molar-refractivity contribution is 6.30. The fraction of sp³-hybridized carbons (Fsp3) is 0.125. The number of carboxylic acid groups (broad SMARTS) is 1. The molecule has 0 heterocycles. The smallest absolute Gasteiger partial charge is 0.330 e. The van der Waals surface area contributed by atoms with Gasteiger partial charge in [-0.1, -0.05) is 54.1 Å². The lowest BCUT2D eigenvalue weighted by Gasteiger charge is -2.15. The maximum absolute atomic E-state index is 12.0. The summed E-state index contributed by atoms with van der Waals surface area (Å²) in [6, 6.07) is 14.4. The summed E-state index contributed by atoms with van der Waals surface area (Å²) in [5, 5.41) is 12.3. The molecule has 1 unspecified atom stereocenters. The average molecular weight is 304 g/mol. The molecule has 2 aromatic carbocycles. The highest BCUT2D eigenvalue weighted by Crippen LogP contribution is 2.14. The third-order valence-electron chi connectivity index (χ3n) is 2.94. The van der Waals surface area contributed by atoms with E-state index in [9.17, 15) is 14.7 Å². The quantitative estimate of drug-likeness (QED) is 0.892. The van der Waals surface area contributed by atoms with Crippen LogP contribution >= 0.6 is 11.6 Å². The summed E-state index contributed by atoms with van der Waals surface area (Å²) in [5.74, 6) is -1.46. The van der Waals surface area contributed by atoms with E-state index >= 15 is 0 Å². The van der Waals surface area contributed by atoms with Crippen LogP contribution in [0.25, 0.3) is 0 Å². The standard InChI is InChI=1S/C16H14ClNO3/c17-13-8-4-5-11(9-13)10-14(19)18-15(16(20)21)12-6-2-1-3-7-12/h1-9,15H,10H2,(H,18,19)(H,20,21). The molecular formula is C16H14ClNO3. The molecule has 0 aromatic heterocycles. The number of carbonyl (C=O) groups excluding carboxylic acids is 1. The summed E-state index contributed by atoms with van der Waals surface area (Å²) in [5.41, 5.74) is 1.27. The Balaban J connectivity index is 2.07. The van der Waals surface area contributed by atoms with E-state index in [1.807, 2.05) is 0 Å². The number of rotatable bonds is 5. The molecule has 0 aliphatic heterocycles. The second kappa shape index (κ2) is 6.90. The monoisotopic (exact) mass is 303 g/mol. The van der Waals surface area contributed by atoms with Gasteiger partial charge >= 0.3 is 5.97 Å². The largest absolute Gasteiger partial charge is 0.479 e. The zero-order valence-electron chi connectivity index (χ0n) is 11.1. The van der Waals surface area contributed by atoms with Crippen LogP contribution in [-0.4, -0.2) is 17.0 Å². The van der Waals surface area contributed by atoms with Crippen molar-refractivity contribution in [2.45, 2.75) is 12.5 Å². The van der Waals surface area contributed by atoms with Crippen molar-refractivity contribution >= 4 is 23.5 Å². The number of aliphatic carboxylic acids is 1. The molecule has 5 heteroatoms. The van der Waals surface area contributed by atoms with Gasteiger partial charge in [0.15, 0.2) is 6.04 Å². The van der Waals surface area contributed by atoms with Crippen molar-refractivity contribution in [1.29, 1.82) is 0 Å². The maximum Gasteiger partial charge on any atom is 0.330 e. The number of carboxylic acids is 1. The molecule has 0 saturated heterocycles. The fourth-order valence-corrected chi connectivity index (χ4v) is 2.19. The third-order valence-corrected chi connectivity index (χ3v) is 3.17. The molecule has 2 aromatic rings. The number of nitrogens with one attached hydrogen (secondary N) is 1. The maximum atomic E-state index is 12.0. The minimum Gasteiger partial charge on any atom is -0.479 e. The van der Waals surface area contributed by atoms with Crippen LogP contribution in [0.3, 0.4) is 0 Å². The van der Waals surface area contributed by atoms with Gasteiger partial charge in [0.2, 0.25) is 5.91 Å². The van der Waals surface area contributed by atoms with E-state index in [-0.39, 0.29) is 12.3 Å². The first kappa shape index (κ1) is 15.1. The Bertz CT molecular complexity index is 643. The van der Waals surface area contributed by atoms with Gasteiger partial charge in [-0.25, -0.2) is 4.79 Å². The van der Waals surface area contributed by atoms with Gasteiger partial charge < -0.3 is 10.4 Å². The minimum absolute atomic E-state index is 0.0805. The van der Waals surface area contributed by atoms with Crippen LogP contribution in [0.15, 0.2) is 54.6 Å². The summed E-state index contributed by atoms with van der Waals surface area (Å²) in [4.78, 5) is 23.3. The number of amides is 1. The van der Waals surface area contributed by atoms with Gasteiger partial charge in [-0.2, -0.15) is 0 Å². The van der Waals surface area contributed by atoms with E-state index in [0.717, 1.165) is 5.56 Å². The first-order valence-electron chi connectivity index (χ1n) is 6.38. The van der Waals surface area contributed by atoms with E-state index in [0.29, 0.717) is 10.6 Å². The molecule has 0 fully saturated rings. The van der Waals surface area contributed by atoms with Crippen LogP contribution in [0.2, 0.25) is 5.02 Å². The normalized spacial score (nSPS) is 11.7. The zero-order chi connectivity index (χ0) is 15.2.